The number of aliphatic hydroxyl groups excluding tert-OH is 1. The van der Waals surface area contributed by atoms with E-state index in [1.165, 1.54) is 0 Å². The van der Waals surface area contributed by atoms with Crippen LogP contribution in [0.15, 0.2) is 60.7 Å². The van der Waals surface area contributed by atoms with Gasteiger partial charge in [-0.1, -0.05) is 66.9 Å². The molecule has 7 heteroatoms. The minimum Gasteiger partial charge on any atom is -0.489 e. The SMILES string of the molecule is O=C(O)CCCCCCN1C(=O)CCC1C=C[C@@H](O)c1cccc(OCc2ccccc2Cl)c1. The Morgan fingerprint density at radius 1 is 1.15 bits per heavy atom. The highest BCUT2D eigenvalue weighted by Gasteiger charge is 2.28. The van der Waals surface area contributed by atoms with E-state index in [0.717, 1.165) is 31.2 Å². The molecule has 1 heterocycles. The first-order chi connectivity index (χ1) is 16.4. The molecule has 1 amide bonds. The number of halogens is 1. The third-order valence-electron chi connectivity index (χ3n) is 5.98. The highest BCUT2D eigenvalue weighted by Crippen LogP contribution is 2.25. The number of carbonyl (C=O) groups is 2. The van der Waals surface area contributed by atoms with Gasteiger partial charge in [-0.2, -0.15) is 0 Å². The highest BCUT2D eigenvalue weighted by atomic mass is 35.5. The number of carboxylic acid groups (broad SMARTS) is 1. The number of amides is 1. The molecule has 3 rings (SSSR count). The molecule has 0 bridgehead atoms. The number of unbranched alkanes of at least 4 members (excludes halogenated alkanes) is 3. The van der Waals surface area contributed by atoms with Gasteiger partial charge < -0.3 is 19.8 Å². The van der Waals surface area contributed by atoms with Crippen molar-refractivity contribution in [2.45, 2.75) is 63.7 Å². The number of carbonyl (C=O) groups excluding carboxylic acids is 1. The molecule has 0 aliphatic carbocycles. The fourth-order valence-corrected chi connectivity index (χ4v) is 4.26. The standard InChI is InChI=1S/C27H32ClNO5/c28-24-11-5-4-8-21(24)19-34-23-10-7-9-20(18-23)25(30)15-13-22-14-16-26(31)29(22)17-6-2-1-3-12-27(32)33/h4-5,7-11,13,15,18,22,25,30H,1-3,6,12,14,16-17,19H2,(H,32,33)/t22?,25-/m1/s1. The first-order valence-corrected chi connectivity index (χ1v) is 12.2. The number of benzene rings is 2. The zero-order valence-corrected chi connectivity index (χ0v) is 20.0. The maximum atomic E-state index is 12.3. The largest absolute Gasteiger partial charge is 0.489 e. The Bertz CT molecular complexity index is 992. The summed E-state index contributed by atoms with van der Waals surface area (Å²) in [6.45, 7) is 0.993. The van der Waals surface area contributed by atoms with E-state index in [-0.39, 0.29) is 18.4 Å². The molecule has 0 aromatic heterocycles. The monoisotopic (exact) mass is 485 g/mol. The van der Waals surface area contributed by atoms with Crippen molar-refractivity contribution in [2.24, 2.45) is 0 Å². The molecule has 34 heavy (non-hydrogen) atoms. The number of ether oxygens (including phenoxy) is 1. The molecule has 1 saturated heterocycles. The van der Waals surface area contributed by atoms with Crippen LogP contribution in [0.2, 0.25) is 5.02 Å². The zero-order chi connectivity index (χ0) is 24.3. The Labute approximate surface area is 205 Å². The molecule has 1 aliphatic heterocycles. The van der Waals surface area contributed by atoms with Gasteiger partial charge in [0.1, 0.15) is 12.4 Å². The van der Waals surface area contributed by atoms with Crippen molar-refractivity contribution in [3.05, 3.63) is 76.8 Å². The lowest BCUT2D eigenvalue weighted by Crippen LogP contribution is -2.32. The number of aliphatic carboxylic acids is 1. The summed E-state index contributed by atoms with van der Waals surface area (Å²) in [4.78, 5) is 24.7. The molecule has 1 unspecified atom stereocenters. The van der Waals surface area contributed by atoms with Gasteiger partial charge in [-0.3, -0.25) is 9.59 Å². The average molecular weight is 486 g/mol. The van der Waals surface area contributed by atoms with Gasteiger partial charge in [0.25, 0.3) is 0 Å². The van der Waals surface area contributed by atoms with Gasteiger partial charge in [0.15, 0.2) is 0 Å². The zero-order valence-electron chi connectivity index (χ0n) is 19.2. The van der Waals surface area contributed by atoms with Crippen molar-refractivity contribution in [1.82, 2.24) is 4.90 Å². The number of rotatable bonds is 13. The summed E-state index contributed by atoms with van der Waals surface area (Å²) < 4.78 is 5.85. The van der Waals surface area contributed by atoms with Crippen molar-refractivity contribution in [3.8, 4) is 5.75 Å². The third kappa shape index (κ3) is 7.89. The molecule has 6 nitrogen and oxygen atoms in total. The first kappa shape index (κ1) is 25.8. The van der Waals surface area contributed by atoms with Crippen LogP contribution in [0.25, 0.3) is 0 Å². The van der Waals surface area contributed by atoms with Crippen molar-refractivity contribution in [1.29, 1.82) is 0 Å². The fourth-order valence-electron chi connectivity index (χ4n) is 4.07. The summed E-state index contributed by atoms with van der Waals surface area (Å²) in [6.07, 6.45) is 7.55. The Balaban J connectivity index is 1.51. The van der Waals surface area contributed by atoms with E-state index in [1.54, 1.807) is 12.1 Å². The smallest absolute Gasteiger partial charge is 0.303 e. The van der Waals surface area contributed by atoms with E-state index in [4.69, 9.17) is 21.4 Å². The second-order valence-corrected chi connectivity index (χ2v) is 8.94. The lowest BCUT2D eigenvalue weighted by Gasteiger charge is -2.22. The van der Waals surface area contributed by atoms with Gasteiger partial charge in [-0.15, -0.1) is 0 Å². The van der Waals surface area contributed by atoms with E-state index in [9.17, 15) is 14.7 Å². The molecule has 1 aliphatic rings. The van der Waals surface area contributed by atoms with E-state index in [0.29, 0.717) is 42.3 Å². The minimum absolute atomic E-state index is 0.0270. The van der Waals surface area contributed by atoms with Crippen molar-refractivity contribution >= 4 is 23.5 Å². The predicted molar refractivity (Wildman–Crippen MR) is 132 cm³/mol. The molecule has 2 aromatic rings. The number of hydrogen-bond acceptors (Lipinski definition) is 4. The molecule has 182 valence electrons. The molecular formula is C27H32ClNO5. The second kappa shape index (κ2) is 13.2. The summed E-state index contributed by atoms with van der Waals surface area (Å²) in [5.74, 6) is 0.00579. The molecule has 2 N–H and O–H groups in total. The lowest BCUT2D eigenvalue weighted by molar-refractivity contribution is -0.137. The van der Waals surface area contributed by atoms with Crippen molar-refractivity contribution < 1.29 is 24.5 Å². The average Bonchev–Trinajstić information content (AvgIpc) is 3.18. The molecule has 2 aromatic carbocycles. The maximum absolute atomic E-state index is 12.3. The maximum Gasteiger partial charge on any atom is 0.303 e. The number of aliphatic hydroxyl groups is 1. The Morgan fingerprint density at radius 2 is 1.94 bits per heavy atom. The topological polar surface area (TPSA) is 87.1 Å². The van der Waals surface area contributed by atoms with Gasteiger partial charge >= 0.3 is 5.97 Å². The van der Waals surface area contributed by atoms with Gasteiger partial charge in [0.2, 0.25) is 5.91 Å². The summed E-state index contributed by atoms with van der Waals surface area (Å²) in [5.41, 5.74) is 1.60. The predicted octanol–water partition coefficient (Wildman–Crippen LogP) is 5.53. The summed E-state index contributed by atoms with van der Waals surface area (Å²) in [5, 5.41) is 20.0. The van der Waals surface area contributed by atoms with Gasteiger partial charge in [-0.25, -0.2) is 0 Å². The lowest BCUT2D eigenvalue weighted by atomic mass is 10.1. The van der Waals surface area contributed by atoms with E-state index < -0.39 is 12.1 Å². The number of carboxylic acids is 1. The van der Waals surface area contributed by atoms with Crippen LogP contribution < -0.4 is 4.74 Å². The number of nitrogens with zero attached hydrogens (tertiary/aromatic N) is 1. The summed E-state index contributed by atoms with van der Waals surface area (Å²) >= 11 is 6.18. The Hall–Kier alpha value is -2.83. The van der Waals surface area contributed by atoms with Crippen LogP contribution in [0, 0.1) is 0 Å². The van der Waals surface area contributed by atoms with Crippen LogP contribution in [0.5, 0.6) is 5.75 Å². The van der Waals surface area contributed by atoms with Crippen molar-refractivity contribution in [3.63, 3.8) is 0 Å². The van der Waals surface area contributed by atoms with Gasteiger partial charge in [0, 0.05) is 30.0 Å². The van der Waals surface area contributed by atoms with Crippen LogP contribution in [0.3, 0.4) is 0 Å². The Morgan fingerprint density at radius 3 is 2.74 bits per heavy atom. The molecule has 2 atom stereocenters. The molecular weight excluding hydrogens is 454 g/mol. The van der Waals surface area contributed by atoms with Crippen LogP contribution in [-0.2, 0) is 16.2 Å². The van der Waals surface area contributed by atoms with Crippen LogP contribution >= 0.6 is 11.6 Å². The first-order valence-electron chi connectivity index (χ1n) is 11.8. The van der Waals surface area contributed by atoms with Crippen LogP contribution in [0.4, 0.5) is 0 Å². The van der Waals surface area contributed by atoms with E-state index >= 15 is 0 Å². The van der Waals surface area contributed by atoms with Gasteiger partial charge in [-0.05, 0) is 43.0 Å². The molecule has 1 fully saturated rings. The molecule has 0 spiro atoms. The highest BCUT2D eigenvalue weighted by molar-refractivity contribution is 6.31. The quantitative estimate of drug-likeness (QED) is 0.287. The molecule has 0 radical (unpaired) electrons. The van der Waals surface area contributed by atoms with Gasteiger partial charge in [0.05, 0.1) is 12.1 Å². The summed E-state index contributed by atoms with van der Waals surface area (Å²) in [6, 6.07) is 14.8. The number of hydrogen-bond donors (Lipinski definition) is 2. The fraction of sp³-hybridized carbons (Fsp3) is 0.407. The van der Waals surface area contributed by atoms with Crippen LogP contribution in [-0.4, -0.2) is 39.6 Å². The minimum atomic E-state index is -0.808. The third-order valence-corrected chi connectivity index (χ3v) is 6.35. The van der Waals surface area contributed by atoms with Crippen LogP contribution in [0.1, 0.15) is 62.2 Å². The van der Waals surface area contributed by atoms with Crippen molar-refractivity contribution in [2.75, 3.05) is 6.54 Å². The second-order valence-electron chi connectivity index (χ2n) is 8.53. The van der Waals surface area contributed by atoms with E-state index in [2.05, 4.69) is 0 Å². The summed E-state index contributed by atoms with van der Waals surface area (Å²) in [7, 11) is 0. The Kier molecular flexibility index (Phi) is 9.98. The van der Waals surface area contributed by atoms with E-state index in [1.807, 2.05) is 53.4 Å². The normalized spacial score (nSPS) is 16.8. The molecule has 0 saturated carbocycles. The number of likely N-dealkylation sites (tertiary alicyclic amines) is 1.